The van der Waals surface area contributed by atoms with Crippen molar-refractivity contribution in [2.24, 2.45) is 0 Å². The van der Waals surface area contributed by atoms with Gasteiger partial charge in [0.1, 0.15) is 16.7 Å². The third-order valence-electron chi connectivity index (χ3n) is 8.28. The van der Waals surface area contributed by atoms with Gasteiger partial charge in [0.25, 0.3) is 0 Å². The summed E-state index contributed by atoms with van der Waals surface area (Å²) in [5, 5.41) is 10.4. The van der Waals surface area contributed by atoms with E-state index in [0.717, 1.165) is 39.0 Å². The summed E-state index contributed by atoms with van der Waals surface area (Å²) >= 11 is 0. The van der Waals surface area contributed by atoms with Gasteiger partial charge in [0, 0.05) is 17.0 Å². The minimum atomic E-state index is -0.157. The van der Waals surface area contributed by atoms with Gasteiger partial charge in [-0.05, 0) is 87.0 Å². The average molecular weight is 502 g/mol. The first-order valence-electron chi connectivity index (χ1n) is 13.1. The minimum absolute atomic E-state index is 0.157. The Hall–Kier alpha value is -5.14. The van der Waals surface area contributed by atoms with Crippen LogP contribution in [0.15, 0.2) is 108 Å². The number of rotatable bonds is 2. The molecule has 1 aliphatic rings. The summed E-state index contributed by atoms with van der Waals surface area (Å²) in [4.78, 5) is 4.81. The van der Waals surface area contributed by atoms with Gasteiger partial charge in [-0.25, -0.2) is 4.98 Å². The van der Waals surface area contributed by atoms with Crippen LogP contribution < -0.4 is 0 Å². The minimum Gasteiger partial charge on any atom is -0.437 e. The van der Waals surface area contributed by atoms with Crippen molar-refractivity contribution in [1.82, 2.24) is 9.38 Å². The van der Waals surface area contributed by atoms with E-state index in [9.17, 15) is 5.26 Å². The summed E-state index contributed by atoms with van der Waals surface area (Å²) in [7, 11) is 0. The summed E-state index contributed by atoms with van der Waals surface area (Å²) in [6.45, 7) is 4.49. The number of para-hydroxylation sites is 1. The maximum atomic E-state index is 9.41. The molecule has 0 aliphatic heterocycles. The quantitative estimate of drug-likeness (QED) is 0.238. The van der Waals surface area contributed by atoms with E-state index in [2.05, 4.69) is 86.8 Å². The Kier molecular flexibility index (Phi) is 4.32. The fraction of sp³-hybridized carbons (Fsp3) is 0.0857. The lowest BCUT2D eigenvalue weighted by molar-refractivity contribution is 0.649. The molecule has 184 valence electrons. The number of hydrogen-bond acceptors (Lipinski definition) is 3. The molecule has 4 aromatic carbocycles. The molecule has 1 aliphatic carbocycles. The molecule has 0 spiro atoms. The van der Waals surface area contributed by atoms with Crippen LogP contribution in [0, 0.1) is 11.3 Å². The number of nitriles is 1. The summed E-state index contributed by atoms with van der Waals surface area (Å²) in [6.07, 6.45) is 2.10. The van der Waals surface area contributed by atoms with Gasteiger partial charge in [-0.3, -0.25) is 4.40 Å². The molecule has 0 atom stereocenters. The van der Waals surface area contributed by atoms with E-state index in [-0.39, 0.29) is 5.41 Å². The van der Waals surface area contributed by atoms with Gasteiger partial charge in [0.15, 0.2) is 0 Å². The second-order valence-electron chi connectivity index (χ2n) is 10.8. The van der Waals surface area contributed by atoms with Crippen molar-refractivity contribution in [3.05, 3.63) is 120 Å². The molecule has 0 unspecified atom stereocenters. The Balaban J connectivity index is 1.16. The van der Waals surface area contributed by atoms with Crippen LogP contribution in [0.25, 0.3) is 61.2 Å². The molecule has 0 saturated carbocycles. The van der Waals surface area contributed by atoms with E-state index >= 15 is 0 Å². The van der Waals surface area contributed by atoms with Gasteiger partial charge >= 0.3 is 0 Å². The monoisotopic (exact) mass is 501 g/mol. The number of hydrogen-bond donors (Lipinski definition) is 0. The lowest BCUT2D eigenvalue weighted by Crippen LogP contribution is -2.15. The zero-order valence-electron chi connectivity index (χ0n) is 21.6. The topological polar surface area (TPSA) is 54.2 Å². The summed E-state index contributed by atoms with van der Waals surface area (Å²) in [5.74, 6) is 0. The molecular formula is C35H23N3O. The fourth-order valence-electron chi connectivity index (χ4n) is 6.16. The van der Waals surface area contributed by atoms with Crippen LogP contribution in [0.5, 0.6) is 0 Å². The van der Waals surface area contributed by atoms with Crippen LogP contribution in [-0.4, -0.2) is 9.38 Å². The Labute approximate surface area is 225 Å². The first-order chi connectivity index (χ1) is 19.0. The SMILES string of the molecule is CC1(C)c2cc(C#N)ccc2-c2ccc(-c3ccc(-c4ccc5nc6c7ccccc7oc6n5c4)cc3)cc21. The van der Waals surface area contributed by atoms with E-state index in [4.69, 9.17) is 9.40 Å². The Morgan fingerprint density at radius 1 is 0.744 bits per heavy atom. The Bertz CT molecular complexity index is 2150. The van der Waals surface area contributed by atoms with Crippen molar-refractivity contribution < 1.29 is 4.42 Å². The smallest absolute Gasteiger partial charge is 0.232 e. The molecule has 8 rings (SSSR count). The predicted octanol–water partition coefficient (Wildman–Crippen LogP) is 8.75. The van der Waals surface area contributed by atoms with Crippen LogP contribution in [0.4, 0.5) is 0 Å². The number of nitrogens with zero attached hydrogens (tertiary/aromatic N) is 3. The van der Waals surface area contributed by atoms with Gasteiger partial charge < -0.3 is 4.42 Å². The fourth-order valence-corrected chi connectivity index (χ4v) is 6.16. The molecule has 3 heterocycles. The lowest BCUT2D eigenvalue weighted by Gasteiger charge is -2.22. The van der Waals surface area contributed by atoms with E-state index in [1.165, 1.54) is 33.4 Å². The summed E-state index contributed by atoms with van der Waals surface area (Å²) in [6, 6.07) is 36.0. The molecule has 7 aromatic rings. The first-order valence-corrected chi connectivity index (χ1v) is 13.1. The second-order valence-corrected chi connectivity index (χ2v) is 10.8. The highest BCUT2D eigenvalue weighted by Gasteiger charge is 2.35. The van der Waals surface area contributed by atoms with E-state index in [0.29, 0.717) is 5.56 Å². The number of fused-ring (bicyclic) bond motifs is 8. The highest BCUT2D eigenvalue weighted by molar-refractivity contribution is 6.02. The molecule has 0 radical (unpaired) electrons. The average Bonchev–Trinajstić information content (AvgIpc) is 3.59. The van der Waals surface area contributed by atoms with Gasteiger partial charge in [0.05, 0.1) is 11.6 Å². The highest BCUT2D eigenvalue weighted by Crippen LogP contribution is 2.49. The zero-order chi connectivity index (χ0) is 26.3. The van der Waals surface area contributed by atoms with Gasteiger partial charge in [0.2, 0.25) is 5.71 Å². The Morgan fingerprint density at radius 2 is 1.41 bits per heavy atom. The van der Waals surface area contributed by atoms with E-state index < -0.39 is 0 Å². The number of benzene rings is 4. The number of pyridine rings is 1. The van der Waals surface area contributed by atoms with Crippen molar-refractivity contribution in [1.29, 1.82) is 5.26 Å². The third kappa shape index (κ3) is 3.08. The Morgan fingerprint density at radius 3 is 2.21 bits per heavy atom. The normalized spacial score (nSPS) is 13.6. The maximum Gasteiger partial charge on any atom is 0.232 e. The molecule has 4 nitrogen and oxygen atoms in total. The number of furan rings is 1. The largest absolute Gasteiger partial charge is 0.437 e. The zero-order valence-corrected chi connectivity index (χ0v) is 21.6. The number of aromatic nitrogens is 2. The van der Waals surface area contributed by atoms with Crippen molar-refractivity contribution >= 4 is 27.8 Å². The summed E-state index contributed by atoms with van der Waals surface area (Å²) in [5.41, 5.74) is 13.5. The van der Waals surface area contributed by atoms with Crippen LogP contribution >= 0.6 is 0 Å². The van der Waals surface area contributed by atoms with Crippen molar-refractivity contribution in [2.45, 2.75) is 19.3 Å². The molecule has 4 heteroatoms. The van der Waals surface area contributed by atoms with Crippen LogP contribution in [0.3, 0.4) is 0 Å². The molecule has 0 bridgehead atoms. The molecule has 3 aromatic heterocycles. The standard InChI is InChI=1S/C35H23N3O/c1-35(2)29-17-21(19-36)7-14-26(29)27-15-12-24(18-30(27)35)22-8-10-23(11-9-22)25-13-16-32-37-33-28-5-3-4-6-31(28)39-34(33)38(32)20-25/h3-18,20H,1-2H3. The second kappa shape index (κ2) is 7.69. The summed E-state index contributed by atoms with van der Waals surface area (Å²) < 4.78 is 8.19. The van der Waals surface area contributed by atoms with Crippen molar-refractivity contribution in [3.63, 3.8) is 0 Å². The van der Waals surface area contributed by atoms with E-state index in [1.54, 1.807) is 0 Å². The van der Waals surface area contributed by atoms with Crippen LogP contribution in [0.2, 0.25) is 0 Å². The lowest BCUT2D eigenvalue weighted by atomic mass is 9.81. The number of imidazole rings is 1. The van der Waals surface area contributed by atoms with Gasteiger partial charge in [-0.2, -0.15) is 5.26 Å². The molecule has 0 N–H and O–H groups in total. The molecule has 39 heavy (non-hydrogen) atoms. The van der Waals surface area contributed by atoms with Gasteiger partial charge in [-0.15, -0.1) is 0 Å². The molecule has 0 amide bonds. The third-order valence-corrected chi connectivity index (χ3v) is 8.28. The molecular weight excluding hydrogens is 478 g/mol. The van der Waals surface area contributed by atoms with Crippen LogP contribution in [0.1, 0.15) is 30.5 Å². The molecule has 0 fully saturated rings. The van der Waals surface area contributed by atoms with Crippen molar-refractivity contribution in [2.75, 3.05) is 0 Å². The van der Waals surface area contributed by atoms with Crippen molar-refractivity contribution in [3.8, 4) is 39.4 Å². The maximum absolute atomic E-state index is 9.41. The predicted molar refractivity (Wildman–Crippen MR) is 156 cm³/mol. The molecule has 0 saturated heterocycles. The highest BCUT2D eigenvalue weighted by atomic mass is 16.3. The van der Waals surface area contributed by atoms with Crippen LogP contribution in [-0.2, 0) is 5.41 Å². The van der Waals surface area contributed by atoms with Gasteiger partial charge in [-0.1, -0.05) is 68.4 Å². The first kappa shape index (κ1) is 21.9. The van der Waals surface area contributed by atoms with E-state index in [1.807, 2.05) is 40.8 Å².